The van der Waals surface area contributed by atoms with Gasteiger partial charge in [0.1, 0.15) is 12.1 Å². The van der Waals surface area contributed by atoms with Crippen molar-refractivity contribution in [3.8, 4) is 0 Å². The summed E-state index contributed by atoms with van der Waals surface area (Å²) in [6.07, 6.45) is 6.60. The highest BCUT2D eigenvalue weighted by Gasteiger charge is 2.49. The molecule has 5 heteroatoms. The summed E-state index contributed by atoms with van der Waals surface area (Å²) in [6, 6.07) is -0.186. The molecule has 2 saturated heterocycles. The van der Waals surface area contributed by atoms with Crippen LogP contribution < -0.4 is 0 Å². The highest BCUT2D eigenvalue weighted by molar-refractivity contribution is 5.88. The molecule has 0 N–H and O–H groups in total. The van der Waals surface area contributed by atoms with Crippen molar-refractivity contribution in [3.05, 3.63) is 0 Å². The lowest BCUT2D eigenvalue weighted by Gasteiger charge is -2.34. The second-order valence-electron chi connectivity index (χ2n) is 6.13. The Kier molecular flexibility index (Phi) is 3.96. The van der Waals surface area contributed by atoms with Crippen LogP contribution in [0.25, 0.3) is 0 Å². The summed E-state index contributed by atoms with van der Waals surface area (Å²) >= 11 is 0. The Morgan fingerprint density at radius 1 is 1.15 bits per heavy atom. The fraction of sp³-hybridized carbons (Fsp3) is 0.867. The summed E-state index contributed by atoms with van der Waals surface area (Å²) in [6.45, 7) is 0.654. The fourth-order valence-corrected chi connectivity index (χ4v) is 4.06. The van der Waals surface area contributed by atoms with Crippen LogP contribution in [0.15, 0.2) is 0 Å². The van der Waals surface area contributed by atoms with Crippen molar-refractivity contribution in [2.45, 2.75) is 63.1 Å². The highest BCUT2D eigenvalue weighted by atomic mass is 16.5. The maximum absolute atomic E-state index is 12.7. The number of hydrogen-bond donors (Lipinski definition) is 0. The molecule has 1 aliphatic carbocycles. The van der Waals surface area contributed by atoms with Crippen LogP contribution in [0.4, 0.5) is 0 Å². The molecule has 0 radical (unpaired) electrons. The molecule has 0 spiro atoms. The second kappa shape index (κ2) is 5.72. The van der Waals surface area contributed by atoms with Crippen molar-refractivity contribution < 1.29 is 19.1 Å². The first-order chi connectivity index (χ1) is 9.72. The number of carbonyl (C=O) groups is 2. The average molecular weight is 281 g/mol. The number of likely N-dealkylation sites (tertiary alicyclic amines) is 1. The number of fused-ring (bicyclic) bond motifs is 1. The summed E-state index contributed by atoms with van der Waals surface area (Å²) < 4.78 is 10.4. The molecule has 4 unspecified atom stereocenters. The van der Waals surface area contributed by atoms with Gasteiger partial charge in [0.2, 0.25) is 0 Å². The standard InChI is InChI=1S/C15H23NO4/c1-19-15(18)12-9-10-5-2-3-6-11(10)16(12)14(17)13-7-4-8-20-13/h10-13H,2-9H2,1H3. The Morgan fingerprint density at radius 2 is 1.95 bits per heavy atom. The Labute approximate surface area is 119 Å². The molecule has 3 aliphatic rings. The molecular weight excluding hydrogens is 258 g/mol. The van der Waals surface area contributed by atoms with Crippen molar-refractivity contribution in [1.29, 1.82) is 0 Å². The van der Waals surface area contributed by atoms with E-state index in [1.165, 1.54) is 13.5 Å². The molecule has 0 aromatic carbocycles. The maximum atomic E-state index is 12.7. The highest BCUT2D eigenvalue weighted by Crippen LogP contribution is 2.41. The smallest absolute Gasteiger partial charge is 0.328 e. The van der Waals surface area contributed by atoms with E-state index in [0.717, 1.165) is 38.5 Å². The first-order valence-corrected chi connectivity index (χ1v) is 7.74. The normalized spacial score (nSPS) is 36.8. The molecule has 20 heavy (non-hydrogen) atoms. The third kappa shape index (κ3) is 2.32. The number of esters is 1. The van der Waals surface area contributed by atoms with Crippen molar-refractivity contribution in [3.63, 3.8) is 0 Å². The van der Waals surface area contributed by atoms with Gasteiger partial charge in [-0.3, -0.25) is 4.79 Å². The van der Waals surface area contributed by atoms with Crippen LogP contribution in [0.1, 0.15) is 44.9 Å². The van der Waals surface area contributed by atoms with Crippen LogP contribution in [-0.4, -0.2) is 48.7 Å². The van der Waals surface area contributed by atoms with E-state index in [-0.39, 0.29) is 24.0 Å². The number of amides is 1. The first-order valence-electron chi connectivity index (χ1n) is 7.74. The molecule has 112 valence electrons. The lowest BCUT2D eigenvalue weighted by molar-refractivity contribution is -0.156. The number of hydrogen-bond acceptors (Lipinski definition) is 4. The Bertz CT molecular complexity index is 391. The fourth-order valence-electron chi connectivity index (χ4n) is 4.06. The van der Waals surface area contributed by atoms with Crippen LogP contribution in [-0.2, 0) is 19.1 Å². The summed E-state index contributed by atoms with van der Waals surface area (Å²) in [7, 11) is 1.40. The zero-order chi connectivity index (χ0) is 14.1. The quantitative estimate of drug-likeness (QED) is 0.720. The Morgan fingerprint density at radius 3 is 2.65 bits per heavy atom. The zero-order valence-electron chi connectivity index (χ0n) is 12.0. The number of nitrogens with zero attached hydrogens (tertiary/aromatic N) is 1. The van der Waals surface area contributed by atoms with Gasteiger partial charge in [0.05, 0.1) is 7.11 Å². The van der Waals surface area contributed by atoms with E-state index < -0.39 is 6.04 Å². The van der Waals surface area contributed by atoms with Crippen LogP contribution >= 0.6 is 0 Å². The third-order valence-electron chi connectivity index (χ3n) is 5.02. The van der Waals surface area contributed by atoms with Crippen molar-refractivity contribution >= 4 is 11.9 Å². The maximum Gasteiger partial charge on any atom is 0.328 e. The minimum absolute atomic E-state index is 0.00676. The molecule has 5 nitrogen and oxygen atoms in total. The van der Waals surface area contributed by atoms with Crippen LogP contribution in [0.2, 0.25) is 0 Å². The van der Waals surface area contributed by atoms with Gasteiger partial charge in [0.25, 0.3) is 5.91 Å². The van der Waals surface area contributed by atoms with E-state index in [9.17, 15) is 9.59 Å². The van der Waals surface area contributed by atoms with Gasteiger partial charge in [-0.2, -0.15) is 0 Å². The van der Waals surface area contributed by atoms with Gasteiger partial charge in [-0.1, -0.05) is 12.8 Å². The monoisotopic (exact) mass is 281 g/mol. The van der Waals surface area contributed by atoms with E-state index in [1.54, 1.807) is 0 Å². The van der Waals surface area contributed by atoms with Crippen molar-refractivity contribution in [2.24, 2.45) is 5.92 Å². The molecule has 0 aromatic rings. The average Bonchev–Trinajstić information content (AvgIpc) is 3.12. The minimum atomic E-state index is -0.398. The van der Waals surface area contributed by atoms with E-state index in [0.29, 0.717) is 12.5 Å². The van der Waals surface area contributed by atoms with Gasteiger partial charge < -0.3 is 14.4 Å². The number of methoxy groups -OCH3 is 1. The Balaban J connectivity index is 1.81. The van der Waals surface area contributed by atoms with Gasteiger partial charge >= 0.3 is 5.97 Å². The first kappa shape index (κ1) is 13.9. The zero-order valence-corrected chi connectivity index (χ0v) is 12.0. The number of carbonyl (C=O) groups excluding carboxylic acids is 2. The van der Waals surface area contributed by atoms with Gasteiger partial charge in [0, 0.05) is 12.6 Å². The summed E-state index contributed by atoms with van der Waals surface area (Å²) in [4.78, 5) is 26.6. The molecule has 3 fully saturated rings. The van der Waals surface area contributed by atoms with Gasteiger partial charge in [-0.25, -0.2) is 4.79 Å². The SMILES string of the molecule is COC(=O)C1CC2CCCCC2N1C(=O)C1CCCO1. The van der Waals surface area contributed by atoms with Crippen LogP contribution in [0.3, 0.4) is 0 Å². The molecule has 0 bridgehead atoms. The van der Waals surface area contributed by atoms with E-state index in [4.69, 9.17) is 9.47 Å². The minimum Gasteiger partial charge on any atom is -0.467 e. The second-order valence-corrected chi connectivity index (χ2v) is 6.13. The molecule has 4 atom stereocenters. The Hall–Kier alpha value is -1.10. The predicted molar refractivity (Wildman–Crippen MR) is 72.0 cm³/mol. The molecular formula is C15H23NO4. The van der Waals surface area contributed by atoms with Gasteiger partial charge in [-0.15, -0.1) is 0 Å². The van der Waals surface area contributed by atoms with Crippen molar-refractivity contribution in [1.82, 2.24) is 4.90 Å². The molecule has 2 aliphatic heterocycles. The topological polar surface area (TPSA) is 55.8 Å². The lowest BCUT2D eigenvalue weighted by atomic mass is 9.84. The van der Waals surface area contributed by atoms with Gasteiger partial charge in [0.15, 0.2) is 0 Å². The van der Waals surface area contributed by atoms with Gasteiger partial charge in [-0.05, 0) is 38.0 Å². The van der Waals surface area contributed by atoms with E-state index >= 15 is 0 Å². The lowest BCUT2D eigenvalue weighted by Crippen LogP contribution is -2.50. The molecule has 2 heterocycles. The number of ether oxygens (including phenoxy) is 2. The summed E-state index contributed by atoms with van der Waals surface area (Å²) in [5, 5.41) is 0. The van der Waals surface area contributed by atoms with E-state index in [1.807, 2.05) is 4.90 Å². The summed E-state index contributed by atoms with van der Waals surface area (Å²) in [5.41, 5.74) is 0. The molecule has 1 amide bonds. The molecule has 3 rings (SSSR count). The third-order valence-corrected chi connectivity index (χ3v) is 5.02. The van der Waals surface area contributed by atoms with Crippen LogP contribution in [0, 0.1) is 5.92 Å². The number of rotatable bonds is 2. The predicted octanol–water partition coefficient (Wildman–Crippen LogP) is 1.50. The van der Waals surface area contributed by atoms with E-state index in [2.05, 4.69) is 0 Å². The van der Waals surface area contributed by atoms with Crippen LogP contribution in [0.5, 0.6) is 0 Å². The molecule has 0 aromatic heterocycles. The largest absolute Gasteiger partial charge is 0.467 e. The summed E-state index contributed by atoms with van der Waals surface area (Å²) in [5.74, 6) is 0.191. The molecule has 1 saturated carbocycles. The van der Waals surface area contributed by atoms with Crippen molar-refractivity contribution in [2.75, 3.05) is 13.7 Å².